The Bertz CT molecular complexity index is 991. The van der Waals surface area contributed by atoms with Crippen molar-refractivity contribution in [1.29, 1.82) is 0 Å². The summed E-state index contributed by atoms with van der Waals surface area (Å²) in [6, 6.07) is 4.79. The Kier molecular flexibility index (Phi) is 4.16. The molecule has 2 heterocycles. The van der Waals surface area contributed by atoms with Gasteiger partial charge < -0.3 is 10.4 Å². The van der Waals surface area contributed by atoms with Crippen molar-refractivity contribution in [3.05, 3.63) is 45.3 Å². The van der Waals surface area contributed by atoms with Crippen LogP contribution in [0, 0.1) is 11.7 Å². The maximum atomic E-state index is 14.1. The standard InChI is InChI=1S/C17H13BrFN3O2S/c18-9-2-4-12(11(19)6-9)22-15-14-10-3-1-8(17(23)24)5-13(10)25-16(14)21-7-20-15/h2,4,6-8H,1,3,5H2,(H,23,24)(H,20,21,22). The van der Waals surface area contributed by atoms with Crippen molar-refractivity contribution < 1.29 is 14.3 Å². The van der Waals surface area contributed by atoms with Crippen molar-refractivity contribution >= 4 is 55.0 Å². The number of benzene rings is 1. The fourth-order valence-electron chi connectivity index (χ4n) is 3.13. The number of hydrogen-bond acceptors (Lipinski definition) is 5. The highest BCUT2D eigenvalue weighted by Crippen LogP contribution is 2.40. The first-order valence-electron chi connectivity index (χ1n) is 7.73. The number of aliphatic carboxylic acids is 1. The van der Waals surface area contributed by atoms with E-state index < -0.39 is 5.97 Å². The fourth-order valence-corrected chi connectivity index (χ4v) is 4.73. The Hall–Kier alpha value is -2.06. The summed E-state index contributed by atoms with van der Waals surface area (Å²) in [5.41, 5.74) is 1.42. The number of aromatic nitrogens is 2. The molecule has 5 nitrogen and oxygen atoms in total. The highest BCUT2D eigenvalue weighted by Gasteiger charge is 2.28. The van der Waals surface area contributed by atoms with Gasteiger partial charge in [0.1, 0.15) is 22.8 Å². The first-order valence-corrected chi connectivity index (χ1v) is 9.34. The van der Waals surface area contributed by atoms with Crippen molar-refractivity contribution in [2.75, 3.05) is 5.32 Å². The number of halogens is 2. The second-order valence-corrected chi connectivity index (χ2v) is 7.93. The second kappa shape index (κ2) is 6.34. The zero-order chi connectivity index (χ0) is 17.6. The van der Waals surface area contributed by atoms with Crippen LogP contribution in [0.2, 0.25) is 0 Å². The molecule has 128 valence electrons. The molecule has 1 aliphatic carbocycles. The maximum Gasteiger partial charge on any atom is 0.306 e. The van der Waals surface area contributed by atoms with Crippen LogP contribution in [0.5, 0.6) is 0 Å². The lowest BCUT2D eigenvalue weighted by atomic mass is 9.88. The van der Waals surface area contributed by atoms with E-state index in [9.17, 15) is 14.3 Å². The summed E-state index contributed by atoms with van der Waals surface area (Å²) >= 11 is 4.74. The molecule has 0 aliphatic heterocycles. The van der Waals surface area contributed by atoms with E-state index in [0.29, 0.717) is 35.2 Å². The third-order valence-electron chi connectivity index (χ3n) is 4.38. The van der Waals surface area contributed by atoms with E-state index in [4.69, 9.17) is 0 Å². The van der Waals surface area contributed by atoms with Gasteiger partial charge in [-0.3, -0.25) is 4.79 Å². The molecule has 1 atom stereocenters. The summed E-state index contributed by atoms with van der Waals surface area (Å²) in [5.74, 6) is -0.938. The maximum absolute atomic E-state index is 14.1. The Morgan fingerprint density at radius 3 is 3.00 bits per heavy atom. The van der Waals surface area contributed by atoms with E-state index in [0.717, 1.165) is 20.7 Å². The number of anilines is 2. The Labute approximate surface area is 155 Å². The lowest BCUT2D eigenvalue weighted by Gasteiger charge is -2.18. The Morgan fingerprint density at radius 2 is 2.24 bits per heavy atom. The van der Waals surface area contributed by atoms with E-state index >= 15 is 0 Å². The molecule has 1 unspecified atom stereocenters. The van der Waals surface area contributed by atoms with Crippen LogP contribution in [-0.4, -0.2) is 21.0 Å². The van der Waals surface area contributed by atoms with Crippen LogP contribution in [0.4, 0.5) is 15.9 Å². The molecule has 1 aliphatic rings. The average Bonchev–Trinajstić information content (AvgIpc) is 2.95. The SMILES string of the molecule is O=C(O)C1CCc2c(sc3ncnc(Nc4ccc(Br)cc4F)c23)C1. The predicted molar refractivity (Wildman–Crippen MR) is 97.9 cm³/mol. The van der Waals surface area contributed by atoms with Crippen LogP contribution in [0.15, 0.2) is 29.0 Å². The molecule has 8 heteroatoms. The summed E-state index contributed by atoms with van der Waals surface area (Å²) in [6.45, 7) is 0. The second-order valence-electron chi connectivity index (χ2n) is 5.93. The summed E-state index contributed by atoms with van der Waals surface area (Å²) < 4.78 is 14.8. The van der Waals surface area contributed by atoms with Crippen molar-refractivity contribution in [3.8, 4) is 0 Å². The number of aryl methyl sites for hydroxylation is 1. The molecule has 0 amide bonds. The van der Waals surface area contributed by atoms with Crippen molar-refractivity contribution in [2.45, 2.75) is 19.3 Å². The van der Waals surface area contributed by atoms with Crippen LogP contribution in [0.3, 0.4) is 0 Å². The van der Waals surface area contributed by atoms with E-state index in [-0.39, 0.29) is 11.7 Å². The first kappa shape index (κ1) is 16.4. The topological polar surface area (TPSA) is 75.1 Å². The van der Waals surface area contributed by atoms with Gasteiger partial charge in [-0.1, -0.05) is 15.9 Å². The van der Waals surface area contributed by atoms with E-state index in [1.807, 2.05) is 0 Å². The zero-order valence-electron chi connectivity index (χ0n) is 12.9. The van der Waals surface area contributed by atoms with Gasteiger partial charge in [0, 0.05) is 9.35 Å². The highest BCUT2D eigenvalue weighted by atomic mass is 79.9. The molecular weight excluding hydrogens is 409 g/mol. The van der Waals surface area contributed by atoms with Crippen LogP contribution in [0.1, 0.15) is 16.9 Å². The number of hydrogen-bond donors (Lipinski definition) is 2. The Balaban J connectivity index is 1.77. The van der Waals surface area contributed by atoms with E-state index in [1.54, 1.807) is 12.1 Å². The van der Waals surface area contributed by atoms with Crippen LogP contribution >= 0.6 is 27.3 Å². The van der Waals surface area contributed by atoms with Gasteiger partial charge in [-0.05, 0) is 43.0 Å². The minimum absolute atomic E-state index is 0.336. The van der Waals surface area contributed by atoms with Gasteiger partial charge >= 0.3 is 5.97 Å². The summed E-state index contributed by atoms with van der Waals surface area (Å²) in [5, 5.41) is 13.2. The fraction of sp³-hybridized carbons (Fsp3) is 0.235. The number of rotatable bonds is 3. The molecule has 0 saturated carbocycles. The summed E-state index contributed by atoms with van der Waals surface area (Å²) in [7, 11) is 0. The first-order chi connectivity index (χ1) is 12.0. The van der Waals surface area contributed by atoms with Crippen LogP contribution < -0.4 is 5.32 Å². The van der Waals surface area contributed by atoms with Crippen LogP contribution in [-0.2, 0) is 17.6 Å². The van der Waals surface area contributed by atoms with Gasteiger partial charge in [-0.25, -0.2) is 14.4 Å². The third-order valence-corrected chi connectivity index (χ3v) is 6.03. The van der Waals surface area contributed by atoms with E-state index in [2.05, 4.69) is 31.2 Å². The Morgan fingerprint density at radius 1 is 1.40 bits per heavy atom. The molecule has 0 radical (unpaired) electrons. The number of carbonyl (C=O) groups is 1. The van der Waals surface area contributed by atoms with Crippen LogP contribution in [0.25, 0.3) is 10.2 Å². The van der Waals surface area contributed by atoms with Gasteiger partial charge in [0.2, 0.25) is 0 Å². The van der Waals surface area contributed by atoms with Gasteiger partial charge in [0.25, 0.3) is 0 Å². The molecule has 2 N–H and O–H groups in total. The number of nitrogens with one attached hydrogen (secondary N) is 1. The highest BCUT2D eigenvalue weighted by molar-refractivity contribution is 9.10. The van der Waals surface area contributed by atoms with Crippen molar-refractivity contribution in [2.24, 2.45) is 5.92 Å². The number of carboxylic acid groups (broad SMARTS) is 1. The van der Waals surface area contributed by atoms with Gasteiger partial charge in [-0.15, -0.1) is 11.3 Å². The number of carboxylic acids is 1. The van der Waals surface area contributed by atoms with Gasteiger partial charge in [0.05, 0.1) is 17.0 Å². The molecule has 1 aromatic carbocycles. The lowest BCUT2D eigenvalue weighted by Crippen LogP contribution is -2.21. The van der Waals surface area contributed by atoms with Gasteiger partial charge in [-0.2, -0.15) is 0 Å². The van der Waals surface area contributed by atoms with E-state index in [1.165, 1.54) is 23.7 Å². The predicted octanol–water partition coefficient (Wildman–Crippen LogP) is 4.53. The largest absolute Gasteiger partial charge is 0.481 e. The minimum Gasteiger partial charge on any atom is -0.481 e. The molecule has 0 fully saturated rings. The summed E-state index contributed by atoms with van der Waals surface area (Å²) in [4.78, 5) is 21.7. The molecule has 2 aromatic heterocycles. The number of thiophene rings is 1. The van der Waals surface area contributed by atoms with Gasteiger partial charge in [0.15, 0.2) is 0 Å². The zero-order valence-corrected chi connectivity index (χ0v) is 15.3. The molecule has 0 bridgehead atoms. The molecule has 25 heavy (non-hydrogen) atoms. The molecule has 3 aromatic rings. The smallest absolute Gasteiger partial charge is 0.306 e. The quantitative estimate of drug-likeness (QED) is 0.649. The molecule has 0 saturated heterocycles. The normalized spacial score (nSPS) is 16.6. The molecule has 0 spiro atoms. The lowest BCUT2D eigenvalue weighted by molar-refractivity contribution is -0.142. The van der Waals surface area contributed by atoms with Crippen molar-refractivity contribution in [1.82, 2.24) is 9.97 Å². The minimum atomic E-state index is -0.760. The van der Waals surface area contributed by atoms with Crippen molar-refractivity contribution in [3.63, 3.8) is 0 Å². The monoisotopic (exact) mass is 421 g/mol. The number of fused-ring (bicyclic) bond motifs is 3. The summed E-state index contributed by atoms with van der Waals surface area (Å²) in [6.07, 6.45) is 3.21. The molecular formula is C17H13BrFN3O2S. The molecule has 4 rings (SSSR count). The third kappa shape index (κ3) is 3.00. The average molecular weight is 422 g/mol. The number of nitrogens with zero attached hydrogens (tertiary/aromatic N) is 2.